The summed E-state index contributed by atoms with van der Waals surface area (Å²) in [5.41, 5.74) is 2.86. The van der Waals surface area contributed by atoms with Gasteiger partial charge in [-0.1, -0.05) is 23.4 Å². The number of fused-ring (bicyclic) bond motifs is 1. The second kappa shape index (κ2) is 8.39. The summed E-state index contributed by atoms with van der Waals surface area (Å²) in [6, 6.07) is 14.0. The Morgan fingerprint density at radius 1 is 1.03 bits per heavy atom. The van der Waals surface area contributed by atoms with Crippen molar-refractivity contribution in [3.63, 3.8) is 0 Å². The maximum atomic E-state index is 11.0. The first-order valence-electron chi connectivity index (χ1n) is 10.1. The molecule has 0 radical (unpaired) electrons. The zero-order valence-electron chi connectivity index (χ0n) is 17.2. The van der Waals surface area contributed by atoms with Gasteiger partial charge in [0.25, 0.3) is 0 Å². The van der Waals surface area contributed by atoms with Crippen LogP contribution in [0.15, 0.2) is 42.5 Å². The van der Waals surface area contributed by atoms with Crippen LogP contribution in [0, 0.1) is 0 Å². The fourth-order valence-electron chi connectivity index (χ4n) is 4.21. The number of hydrogen-bond donors (Lipinski definition) is 1. The number of hydrogen-bond acceptors (Lipinski definition) is 6. The lowest BCUT2D eigenvalue weighted by molar-refractivity contribution is 0.0375. The van der Waals surface area contributed by atoms with Gasteiger partial charge in [0, 0.05) is 19.1 Å². The van der Waals surface area contributed by atoms with Crippen molar-refractivity contribution >= 4 is 11.0 Å². The highest BCUT2D eigenvalue weighted by molar-refractivity contribution is 5.73. The van der Waals surface area contributed by atoms with Crippen LogP contribution in [0.3, 0.4) is 0 Å². The molecule has 0 aliphatic carbocycles. The largest absolute Gasteiger partial charge is 0.493 e. The fraction of sp³-hybridized carbons (Fsp3) is 0.455. The van der Waals surface area contributed by atoms with Gasteiger partial charge in [-0.05, 0) is 49.6 Å². The molecule has 0 bridgehead atoms. The Morgan fingerprint density at radius 3 is 2.48 bits per heavy atom. The zero-order valence-corrected chi connectivity index (χ0v) is 17.2. The minimum atomic E-state index is -0.599. The fourth-order valence-corrected chi connectivity index (χ4v) is 4.21. The van der Waals surface area contributed by atoms with E-state index in [0.29, 0.717) is 17.5 Å². The molecule has 1 aliphatic rings. The van der Waals surface area contributed by atoms with Crippen molar-refractivity contribution in [3.8, 4) is 11.5 Å². The van der Waals surface area contributed by atoms with Crippen LogP contribution in [-0.4, -0.2) is 58.4 Å². The Hall–Kier alpha value is -2.64. The normalized spacial score (nSPS) is 17.9. The Balaban J connectivity index is 1.43. The van der Waals surface area contributed by atoms with Gasteiger partial charge in [-0.3, -0.25) is 4.90 Å². The van der Waals surface area contributed by atoms with Gasteiger partial charge in [0.1, 0.15) is 5.52 Å². The molecule has 154 valence electrons. The molecule has 1 N–H and O–H groups in total. The van der Waals surface area contributed by atoms with Crippen molar-refractivity contribution in [1.29, 1.82) is 0 Å². The quantitative estimate of drug-likeness (QED) is 0.690. The maximum absolute atomic E-state index is 11.0. The zero-order chi connectivity index (χ0) is 20.4. The monoisotopic (exact) mass is 396 g/mol. The predicted molar refractivity (Wildman–Crippen MR) is 111 cm³/mol. The number of likely N-dealkylation sites (tertiary alicyclic amines) is 1. The average molecular weight is 396 g/mol. The molecule has 3 aromatic rings. The van der Waals surface area contributed by atoms with Crippen molar-refractivity contribution in [2.24, 2.45) is 0 Å². The minimum absolute atomic E-state index is 0.00143. The van der Waals surface area contributed by atoms with Crippen molar-refractivity contribution in [2.75, 3.05) is 27.3 Å². The van der Waals surface area contributed by atoms with E-state index in [1.807, 2.05) is 36.4 Å². The number of ether oxygens (including phenoxy) is 2. The number of aromatic nitrogens is 3. The number of piperidine rings is 1. The number of para-hydroxylation sites is 1. The van der Waals surface area contributed by atoms with Gasteiger partial charge in [-0.2, -0.15) is 0 Å². The molecule has 2 aromatic carbocycles. The topological polar surface area (TPSA) is 72.6 Å². The number of benzene rings is 2. The summed E-state index contributed by atoms with van der Waals surface area (Å²) in [6.07, 6.45) is 1.37. The summed E-state index contributed by atoms with van der Waals surface area (Å²) in [5, 5.41) is 19.6. The number of aliphatic hydroxyl groups is 1. The molecule has 1 aromatic heterocycles. The van der Waals surface area contributed by atoms with Crippen LogP contribution < -0.4 is 9.47 Å². The van der Waals surface area contributed by atoms with Gasteiger partial charge in [0.2, 0.25) is 0 Å². The van der Waals surface area contributed by atoms with Crippen LogP contribution in [0.5, 0.6) is 11.5 Å². The molecule has 1 saturated heterocycles. The van der Waals surface area contributed by atoms with E-state index in [-0.39, 0.29) is 6.04 Å². The summed E-state index contributed by atoms with van der Waals surface area (Å²) in [7, 11) is 3.22. The van der Waals surface area contributed by atoms with Crippen molar-refractivity contribution in [1.82, 2.24) is 19.9 Å². The molecule has 7 heteroatoms. The van der Waals surface area contributed by atoms with Gasteiger partial charge in [-0.15, -0.1) is 5.10 Å². The molecule has 29 heavy (non-hydrogen) atoms. The van der Waals surface area contributed by atoms with E-state index in [1.54, 1.807) is 14.2 Å². The molecule has 7 nitrogen and oxygen atoms in total. The first kappa shape index (κ1) is 19.7. The standard InChI is InChI=1S/C22H28N4O3/c1-15(22(27)16-8-9-20(28-2)21(14-16)29-3)25-12-10-17(11-13-25)26-19-7-5-4-6-18(19)23-24-26/h4-9,14-15,17,22,27H,10-13H2,1-3H3. The Labute approximate surface area is 170 Å². The molecular weight excluding hydrogens is 368 g/mol. The van der Waals surface area contributed by atoms with E-state index < -0.39 is 6.10 Å². The molecule has 2 atom stereocenters. The first-order chi connectivity index (χ1) is 14.1. The Morgan fingerprint density at radius 2 is 1.76 bits per heavy atom. The van der Waals surface area contributed by atoms with Gasteiger partial charge in [0.15, 0.2) is 11.5 Å². The van der Waals surface area contributed by atoms with Crippen LogP contribution in [0.25, 0.3) is 11.0 Å². The highest BCUT2D eigenvalue weighted by atomic mass is 16.5. The predicted octanol–water partition coefficient (Wildman–Crippen LogP) is 3.21. The van der Waals surface area contributed by atoms with E-state index in [1.165, 1.54) is 0 Å². The second-order valence-corrected chi connectivity index (χ2v) is 7.59. The van der Waals surface area contributed by atoms with E-state index in [2.05, 4.69) is 32.9 Å². The molecule has 1 fully saturated rings. The first-order valence-corrected chi connectivity index (χ1v) is 10.1. The van der Waals surface area contributed by atoms with E-state index in [9.17, 15) is 5.11 Å². The average Bonchev–Trinajstić information content (AvgIpc) is 3.22. The van der Waals surface area contributed by atoms with Crippen LogP contribution in [-0.2, 0) is 0 Å². The maximum Gasteiger partial charge on any atom is 0.161 e. The van der Waals surface area contributed by atoms with Gasteiger partial charge < -0.3 is 14.6 Å². The van der Waals surface area contributed by atoms with Crippen LogP contribution in [0.2, 0.25) is 0 Å². The van der Waals surface area contributed by atoms with Gasteiger partial charge in [0.05, 0.1) is 31.9 Å². The highest BCUT2D eigenvalue weighted by Crippen LogP contribution is 2.33. The van der Waals surface area contributed by atoms with Crippen molar-refractivity contribution in [2.45, 2.75) is 38.0 Å². The number of aliphatic hydroxyl groups excluding tert-OH is 1. The van der Waals surface area contributed by atoms with Gasteiger partial charge in [-0.25, -0.2) is 4.68 Å². The lowest BCUT2D eigenvalue weighted by atomic mass is 9.97. The Kier molecular flexibility index (Phi) is 5.69. The van der Waals surface area contributed by atoms with E-state index in [0.717, 1.165) is 42.5 Å². The molecule has 0 spiro atoms. The summed E-state index contributed by atoms with van der Waals surface area (Å²) >= 11 is 0. The van der Waals surface area contributed by atoms with Gasteiger partial charge >= 0.3 is 0 Å². The minimum Gasteiger partial charge on any atom is -0.493 e. The highest BCUT2D eigenvalue weighted by Gasteiger charge is 2.29. The summed E-state index contributed by atoms with van der Waals surface area (Å²) in [4.78, 5) is 2.34. The molecule has 2 heterocycles. The third-order valence-electron chi connectivity index (χ3n) is 6.00. The van der Waals surface area contributed by atoms with Crippen molar-refractivity contribution in [3.05, 3.63) is 48.0 Å². The number of nitrogens with zero attached hydrogens (tertiary/aromatic N) is 4. The lowest BCUT2D eigenvalue weighted by Crippen LogP contribution is -2.43. The van der Waals surface area contributed by atoms with E-state index in [4.69, 9.17) is 9.47 Å². The molecule has 0 amide bonds. The summed E-state index contributed by atoms with van der Waals surface area (Å²) < 4.78 is 12.7. The smallest absolute Gasteiger partial charge is 0.161 e. The molecule has 0 saturated carbocycles. The summed E-state index contributed by atoms with van der Waals surface area (Å²) in [5.74, 6) is 1.30. The molecule has 1 aliphatic heterocycles. The third-order valence-corrected chi connectivity index (χ3v) is 6.00. The van der Waals surface area contributed by atoms with Crippen LogP contribution >= 0.6 is 0 Å². The van der Waals surface area contributed by atoms with Crippen molar-refractivity contribution < 1.29 is 14.6 Å². The van der Waals surface area contributed by atoms with E-state index >= 15 is 0 Å². The molecular formula is C22H28N4O3. The molecule has 2 unspecified atom stereocenters. The lowest BCUT2D eigenvalue weighted by Gasteiger charge is -2.38. The second-order valence-electron chi connectivity index (χ2n) is 7.59. The van der Waals surface area contributed by atoms with Crippen LogP contribution in [0.4, 0.5) is 0 Å². The molecule has 4 rings (SSSR count). The van der Waals surface area contributed by atoms with Crippen LogP contribution in [0.1, 0.15) is 37.5 Å². The Bertz CT molecular complexity index is 966. The number of rotatable bonds is 6. The number of methoxy groups -OCH3 is 2. The summed E-state index contributed by atoms with van der Waals surface area (Å²) in [6.45, 7) is 3.89. The SMILES string of the molecule is COc1ccc(C(O)C(C)N2CCC(n3nnc4ccccc43)CC2)cc1OC. The third kappa shape index (κ3) is 3.80.